The van der Waals surface area contributed by atoms with Crippen LogP contribution in [0.5, 0.6) is 0 Å². The van der Waals surface area contributed by atoms with Gasteiger partial charge in [-0.3, -0.25) is 0 Å². The minimum atomic E-state index is -3.15. The molecule has 1 aromatic heterocycles. The maximum absolute atomic E-state index is 15.1. The molecule has 237 valence electrons. The summed E-state index contributed by atoms with van der Waals surface area (Å²) in [4.78, 5) is 4.45. The first-order chi connectivity index (χ1) is 23.6. The zero-order chi connectivity index (χ0) is 32.3. The summed E-state index contributed by atoms with van der Waals surface area (Å²) < 4.78 is 15.1. The molecule has 0 amide bonds. The Hall–Kier alpha value is -5.17. The van der Waals surface area contributed by atoms with E-state index >= 15 is 4.57 Å². The van der Waals surface area contributed by atoms with Crippen molar-refractivity contribution in [2.75, 3.05) is 0 Å². The van der Waals surface area contributed by atoms with E-state index in [9.17, 15) is 0 Å². The molecule has 0 saturated carbocycles. The van der Waals surface area contributed by atoms with Crippen molar-refractivity contribution in [3.8, 4) is 11.3 Å². The molecule has 4 heteroatoms. The van der Waals surface area contributed by atoms with Crippen LogP contribution in [0, 0.1) is 12.1 Å². The molecule has 1 heterocycles. The number of fused-ring (bicyclic) bond motifs is 4. The van der Waals surface area contributed by atoms with Crippen LogP contribution in [0.25, 0.3) is 54.3 Å². The molecule has 8 aromatic carbocycles. The van der Waals surface area contributed by atoms with Crippen LogP contribution in [-0.4, -0.2) is 4.98 Å². The van der Waals surface area contributed by atoms with Gasteiger partial charge < -0.3 is 9.55 Å². The fourth-order valence-corrected chi connectivity index (χ4v) is 8.88. The standard InChI is InChI=1S/C30H20OP.C15H10N.Ir/c31-32(28-16-13-22-7-1-4-10-25(22)19-28,29-17-14-23-8-2-5-11-26(23)20-29)30-18-15-24-9-3-6-12-27(24)21-30;1-2-6-12(7-3-1)15-10-13-8-4-5-9-14(13)11-16-15;/h1-17,19-21H;1-6,8-11H;/q2*-1;. The van der Waals surface area contributed by atoms with Gasteiger partial charge in [0.15, 0.2) is 0 Å². The minimum absolute atomic E-state index is 0. The molecule has 0 atom stereocenters. The van der Waals surface area contributed by atoms with E-state index in [1.54, 1.807) is 0 Å². The van der Waals surface area contributed by atoms with Crippen LogP contribution in [0.4, 0.5) is 0 Å². The molecule has 49 heavy (non-hydrogen) atoms. The second kappa shape index (κ2) is 14.1. The Bertz CT molecular complexity index is 2420. The fourth-order valence-electron chi connectivity index (χ4n) is 6.25. The Balaban J connectivity index is 0.000000187. The number of hydrogen-bond acceptors (Lipinski definition) is 2. The number of benzene rings is 8. The Morgan fingerprint density at radius 2 is 0.939 bits per heavy atom. The summed E-state index contributed by atoms with van der Waals surface area (Å²) in [5, 5.41) is 11.4. The summed E-state index contributed by atoms with van der Waals surface area (Å²) in [5.41, 5.74) is 2.01. The van der Waals surface area contributed by atoms with Crippen molar-refractivity contribution in [2.24, 2.45) is 0 Å². The van der Waals surface area contributed by atoms with Crippen LogP contribution >= 0.6 is 7.14 Å². The molecular formula is C45H30IrNOP-2. The third-order valence-electron chi connectivity index (χ3n) is 8.81. The normalized spacial score (nSPS) is 11.2. The van der Waals surface area contributed by atoms with Gasteiger partial charge in [0.2, 0.25) is 0 Å². The molecule has 0 aliphatic rings. The molecule has 0 saturated heterocycles. The van der Waals surface area contributed by atoms with E-state index < -0.39 is 7.14 Å². The van der Waals surface area contributed by atoms with E-state index in [0.29, 0.717) is 0 Å². The average molecular weight is 824 g/mol. The summed E-state index contributed by atoms with van der Waals surface area (Å²) in [6, 6.07) is 65.7. The smallest absolute Gasteiger partial charge is 0.147 e. The Kier molecular flexibility index (Phi) is 9.34. The van der Waals surface area contributed by atoms with Gasteiger partial charge in [0.25, 0.3) is 0 Å². The summed E-state index contributed by atoms with van der Waals surface area (Å²) in [7, 11) is -3.15. The molecule has 0 spiro atoms. The van der Waals surface area contributed by atoms with Gasteiger partial charge in [-0.25, -0.2) is 0 Å². The van der Waals surface area contributed by atoms with Gasteiger partial charge >= 0.3 is 0 Å². The Morgan fingerprint density at radius 3 is 1.51 bits per heavy atom. The third kappa shape index (κ3) is 6.50. The first-order valence-corrected chi connectivity index (χ1v) is 17.7. The summed E-state index contributed by atoms with van der Waals surface area (Å²) in [6.07, 6.45) is 1.91. The molecule has 2 nitrogen and oxygen atoms in total. The van der Waals surface area contributed by atoms with Gasteiger partial charge in [-0.05, 0) is 50.1 Å². The van der Waals surface area contributed by atoms with Crippen LogP contribution in [-0.2, 0) is 24.7 Å². The largest absolute Gasteiger partial charge is 0.311 e. The number of hydrogen-bond donors (Lipinski definition) is 0. The quantitative estimate of drug-likeness (QED) is 0.131. The summed E-state index contributed by atoms with van der Waals surface area (Å²) in [5.74, 6) is 0. The maximum atomic E-state index is 15.1. The summed E-state index contributed by atoms with van der Waals surface area (Å²) in [6.45, 7) is 0. The topological polar surface area (TPSA) is 30.0 Å². The molecule has 1 radical (unpaired) electrons. The van der Waals surface area contributed by atoms with E-state index in [4.69, 9.17) is 0 Å². The number of pyridine rings is 1. The van der Waals surface area contributed by atoms with Crippen LogP contribution in [0.15, 0.2) is 182 Å². The van der Waals surface area contributed by atoms with Crippen LogP contribution in [0.2, 0.25) is 0 Å². The monoisotopic (exact) mass is 824 g/mol. The van der Waals surface area contributed by atoms with Gasteiger partial charge in [0.05, 0.1) is 0 Å². The van der Waals surface area contributed by atoms with Crippen LogP contribution in [0.1, 0.15) is 0 Å². The van der Waals surface area contributed by atoms with Crippen LogP contribution in [0.3, 0.4) is 0 Å². The van der Waals surface area contributed by atoms with Crippen molar-refractivity contribution in [3.05, 3.63) is 194 Å². The predicted molar refractivity (Wildman–Crippen MR) is 203 cm³/mol. The molecule has 0 aliphatic carbocycles. The SMILES string of the molecule is O=P(c1[c-]cc2ccccc2c1)(c1ccc2ccccc2c1)c1ccc2ccccc2c1.[Ir].[c-]1ccccc1-c1cc2ccccc2cn1. The van der Waals surface area contributed by atoms with Crippen molar-refractivity contribution in [2.45, 2.75) is 0 Å². The van der Waals surface area contributed by atoms with Crippen molar-refractivity contribution in [1.29, 1.82) is 0 Å². The Morgan fingerprint density at radius 1 is 0.449 bits per heavy atom. The van der Waals surface area contributed by atoms with E-state index in [-0.39, 0.29) is 20.1 Å². The first-order valence-electron chi connectivity index (χ1n) is 16.0. The molecule has 0 N–H and O–H groups in total. The molecular weight excluding hydrogens is 794 g/mol. The molecule has 0 aliphatic heterocycles. The zero-order valence-electron chi connectivity index (χ0n) is 26.5. The van der Waals surface area contributed by atoms with E-state index in [1.165, 1.54) is 10.8 Å². The van der Waals surface area contributed by atoms with Gasteiger partial charge in [0, 0.05) is 36.9 Å². The zero-order valence-corrected chi connectivity index (χ0v) is 29.7. The maximum Gasteiger partial charge on any atom is 0.147 e. The fraction of sp³-hybridized carbons (Fsp3) is 0. The van der Waals surface area contributed by atoms with E-state index in [0.717, 1.165) is 59.5 Å². The first kappa shape index (κ1) is 32.4. The molecule has 9 rings (SSSR count). The van der Waals surface area contributed by atoms with Gasteiger partial charge in [0.1, 0.15) is 7.14 Å². The second-order valence-electron chi connectivity index (χ2n) is 11.8. The predicted octanol–water partition coefficient (Wildman–Crippen LogP) is 10.3. The number of aromatic nitrogens is 1. The van der Waals surface area contributed by atoms with Crippen molar-refractivity contribution in [3.63, 3.8) is 0 Å². The molecule has 0 fully saturated rings. The van der Waals surface area contributed by atoms with Crippen LogP contribution < -0.4 is 15.9 Å². The molecule has 9 aromatic rings. The third-order valence-corrected chi connectivity index (χ3v) is 11.8. The minimum Gasteiger partial charge on any atom is -0.311 e. The van der Waals surface area contributed by atoms with E-state index in [1.807, 2.05) is 103 Å². The van der Waals surface area contributed by atoms with Gasteiger partial charge in [-0.15, -0.1) is 52.7 Å². The average Bonchev–Trinajstić information content (AvgIpc) is 3.17. The van der Waals surface area contributed by atoms with Gasteiger partial charge in [-0.2, -0.15) is 18.2 Å². The van der Waals surface area contributed by atoms with E-state index in [2.05, 4.69) is 96.0 Å². The van der Waals surface area contributed by atoms with Crippen molar-refractivity contribution < 1.29 is 24.7 Å². The van der Waals surface area contributed by atoms with Crippen molar-refractivity contribution in [1.82, 2.24) is 4.98 Å². The molecule has 0 unspecified atom stereocenters. The Labute approximate surface area is 299 Å². The van der Waals surface area contributed by atoms with Crippen molar-refractivity contribution >= 4 is 66.1 Å². The van der Waals surface area contributed by atoms with Gasteiger partial charge in [-0.1, -0.05) is 127 Å². The molecule has 0 bridgehead atoms. The summed E-state index contributed by atoms with van der Waals surface area (Å²) >= 11 is 0. The second-order valence-corrected chi connectivity index (χ2v) is 14.5. The number of nitrogens with zero attached hydrogens (tertiary/aromatic N) is 1. The number of rotatable bonds is 4.